The molecule has 0 aliphatic rings. The van der Waals surface area contributed by atoms with Crippen molar-refractivity contribution in [2.24, 2.45) is 0 Å². The number of hydrogen-bond acceptors (Lipinski definition) is 2. The Balaban J connectivity index is 1.88. The first-order valence-corrected chi connectivity index (χ1v) is 6.59. The van der Waals surface area contributed by atoms with Gasteiger partial charge in [-0.15, -0.1) is 0 Å². The molecule has 0 spiro atoms. The number of benzene rings is 2. The van der Waals surface area contributed by atoms with Gasteiger partial charge >= 0.3 is 0 Å². The molecule has 0 aliphatic carbocycles. The minimum Gasteiger partial charge on any atom is -0.322 e. The highest BCUT2D eigenvalue weighted by molar-refractivity contribution is 5.94. The summed E-state index contributed by atoms with van der Waals surface area (Å²) in [6.07, 6.45) is 0. The zero-order valence-corrected chi connectivity index (χ0v) is 11.6. The smallest absolute Gasteiger partial charge is 0.241 e. The molecule has 0 heterocycles. The van der Waals surface area contributed by atoms with Crippen LogP contribution in [0.25, 0.3) is 0 Å². The van der Waals surface area contributed by atoms with Crippen molar-refractivity contribution >= 4 is 11.6 Å². The largest absolute Gasteiger partial charge is 0.322 e. The van der Waals surface area contributed by atoms with Gasteiger partial charge in [-0.3, -0.25) is 4.79 Å². The van der Waals surface area contributed by atoms with Crippen LogP contribution < -0.4 is 10.6 Å². The highest BCUT2D eigenvalue weighted by Crippen LogP contribution is 2.12. The Kier molecular flexibility index (Phi) is 5.00. The molecule has 0 fully saturated rings. The second-order valence-electron chi connectivity index (χ2n) is 4.70. The van der Waals surface area contributed by atoms with Crippen LogP contribution in [0, 0.1) is 11.6 Å². The van der Waals surface area contributed by atoms with E-state index in [1.807, 2.05) is 0 Å². The summed E-state index contributed by atoms with van der Waals surface area (Å²) in [5.74, 6) is -1.11. The van der Waals surface area contributed by atoms with E-state index in [9.17, 15) is 13.6 Å². The van der Waals surface area contributed by atoms with Gasteiger partial charge in [0, 0.05) is 6.54 Å². The highest BCUT2D eigenvalue weighted by atomic mass is 19.1. The van der Waals surface area contributed by atoms with Crippen LogP contribution in [0.5, 0.6) is 0 Å². The zero-order valence-electron chi connectivity index (χ0n) is 11.6. The maximum absolute atomic E-state index is 13.4. The van der Waals surface area contributed by atoms with Crippen LogP contribution in [0.4, 0.5) is 14.5 Å². The Morgan fingerprint density at radius 3 is 2.43 bits per heavy atom. The Morgan fingerprint density at radius 2 is 1.76 bits per heavy atom. The van der Waals surface area contributed by atoms with Crippen LogP contribution in [0.15, 0.2) is 48.5 Å². The van der Waals surface area contributed by atoms with Crippen molar-refractivity contribution in [1.29, 1.82) is 0 Å². The summed E-state index contributed by atoms with van der Waals surface area (Å²) in [6.45, 7) is 2.10. The van der Waals surface area contributed by atoms with Crippen molar-refractivity contribution in [2.45, 2.75) is 19.5 Å². The third-order valence-corrected chi connectivity index (χ3v) is 3.05. The predicted octanol–water partition coefficient (Wildman–Crippen LogP) is 3.08. The third kappa shape index (κ3) is 4.36. The van der Waals surface area contributed by atoms with Gasteiger partial charge in [0.05, 0.1) is 11.7 Å². The quantitative estimate of drug-likeness (QED) is 0.888. The lowest BCUT2D eigenvalue weighted by Crippen LogP contribution is -2.37. The molecule has 2 N–H and O–H groups in total. The average molecular weight is 290 g/mol. The Labute approximate surface area is 122 Å². The van der Waals surface area contributed by atoms with E-state index in [1.165, 1.54) is 24.3 Å². The molecule has 0 saturated heterocycles. The van der Waals surface area contributed by atoms with E-state index >= 15 is 0 Å². The van der Waals surface area contributed by atoms with Gasteiger partial charge in [-0.25, -0.2) is 8.78 Å². The van der Waals surface area contributed by atoms with Crippen LogP contribution in [0.3, 0.4) is 0 Å². The van der Waals surface area contributed by atoms with Crippen LogP contribution in [-0.4, -0.2) is 11.9 Å². The van der Waals surface area contributed by atoms with Crippen molar-refractivity contribution in [3.8, 4) is 0 Å². The molecular formula is C16H16F2N2O. The topological polar surface area (TPSA) is 41.1 Å². The first-order chi connectivity index (χ1) is 10.1. The summed E-state index contributed by atoms with van der Waals surface area (Å²) in [6, 6.07) is 11.5. The van der Waals surface area contributed by atoms with Crippen molar-refractivity contribution in [1.82, 2.24) is 5.32 Å². The number of rotatable bonds is 5. The maximum Gasteiger partial charge on any atom is 0.241 e. The fraction of sp³-hybridized carbons (Fsp3) is 0.188. The third-order valence-electron chi connectivity index (χ3n) is 3.05. The standard InChI is InChI=1S/C16H16F2N2O/c1-11(19-10-12-6-8-13(17)9-7-12)16(21)20-15-5-3-2-4-14(15)18/h2-9,11,19H,10H2,1H3,(H,20,21)/t11-/m0/s1. The predicted molar refractivity (Wildman–Crippen MR) is 77.7 cm³/mol. The van der Waals surface area contributed by atoms with Crippen LogP contribution in [0.2, 0.25) is 0 Å². The summed E-state index contributed by atoms with van der Waals surface area (Å²) in [5.41, 5.74) is 1.01. The normalized spacial score (nSPS) is 12.0. The van der Waals surface area contributed by atoms with Gasteiger partial charge in [0.2, 0.25) is 5.91 Å². The number of amides is 1. The number of carbonyl (C=O) groups excluding carboxylic acids is 1. The number of carbonyl (C=O) groups is 1. The fourth-order valence-corrected chi connectivity index (χ4v) is 1.77. The van der Waals surface area contributed by atoms with Gasteiger partial charge in [0.1, 0.15) is 11.6 Å². The van der Waals surface area contributed by atoms with Crippen molar-refractivity contribution < 1.29 is 13.6 Å². The van der Waals surface area contributed by atoms with Gasteiger partial charge in [-0.05, 0) is 36.8 Å². The molecule has 2 rings (SSSR count). The van der Waals surface area contributed by atoms with Gasteiger partial charge in [0.25, 0.3) is 0 Å². The van der Waals surface area contributed by atoms with Crippen LogP contribution >= 0.6 is 0 Å². The van der Waals surface area contributed by atoms with E-state index < -0.39 is 11.9 Å². The molecule has 1 amide bonds. The van der Waals surface area contributed by atoms with E-state index in [0.717, 1.165) is 5.56 Å². The second-order valence-corrected chi connectivity index (χ2v) is 4.70. The summed E-state index contributed by atoms with van der Waals surface area (Å²) < 4.78 is 26.2. The van der Waals surface area contributed by atoms with Crippen molar-refractivity contribution in [3.05, 3.63) is 65.7 Å². The maximum atomic E-state index is 13.4. The molecule has 0 aromatic heterocycles. The summed E-state index contributed by atoms with van der Waals surface area (Å²) in [7, 11) is 0. The van der Waals surface area contributed by atoms with E-state index in [0.29, 0.717) is 6.54 Å². The number of halogens is 2. The molecular weight excluding hydrogens is 274 g/mol. The number of anilines is 1. The summed E-state index contributed by atoms with van der Waals surface area (Å²) in [4.78, 5) is 11.9. The Hall–Kier alpha value is -2.27. The van der Waals surface area contributed by atoms with Crippen molar-refractivity contribution in [3.63, 3.8) is 0 Å². The molecule has 0 bridgehead atoms. The Bertz CT molecular complexity index is 614. The molecule has 21 heavy (non-hydrogen) atoms. The first-order valence-electron chi connectivity index (χ1n) is 6.59. The molecule has 2 aromatic carbocycles. The van der Waals surface area contributed by atoms with Gasteiger partial charge < -0.3 is 10.6 Å². The van der Waals surface area contributed by atoms with E-state index in [4.69, 9.17) is 0 Å². The fourth-order valence-electron chi connectivity index (χ4n) is 1.77. The van der Waals surface area contributed by atoms with Crippen molar-refractivity contribution in [2.75, 3.05) is 5.32 Å². The number of hydrogen-bond donors (Lipinski definition) is 2. The highest BCUT2D eigenvalue weighted by Gasteiger charge is 2.13. The molecule has 110 valence electrons. The van der Waals surface area contributed by atoms with Gasteiger partial charge in [-0.1, -0.05) is 24.3 Å². The lowest BCUT2D eigenvalue weighted by Gasteiger charge is -2.14. The monoisotopic (exact) mass is 290 g/mol. The van der Waals surface area contributed by atoms with Crippen LogP contribution in [0.1, 0.15) is 12.5 Å². The van der Waals surface area contributed by atoms with E-state index in [2.05, 4.69) is 10.6 Å². The van der Waals surface area contributed by atoms with Gasteiger partial charge in [0.15, 0.2) is 0 Å². The molecule has 5 heteroatoms. The molecule has 3 nitrogen and oxygen atoms in total. The molecule has 0 radical (unpaired) electrons. The van der Waals surface area contributed by atoms with E-state index in [1.54, 1.807) is 31.2 Å². The molecule has 0 aliphatic heterocycles. The van der Waals surface area contributed by atoms with E-state index in [-0.39, 0.29) is 17.4 Å². The summed E-state index contributed by atoms with van der Waals surface area (Å²) in [5, 5.41) is 5.52. The van der Waals surface area contributed by atoms with Gasteiger partial charge in [-0.2, -0.15) is 0 Å². The molecule has 0 saturated carbocycles. The molecule has 2 aromatic rings. The minimum atomic E-state index is -0.505. The lowest BCUT2D eigenvalue weighted by molar-refractivity contribution is -0.117. The zero-order chi connectivity index (χ0) is 15.2. The minimum absolute atomic E-state index is 0.151. The SMILES string of the molecule is C[C@H](NCc1ccc(F)cc1)C(=O)Nc1ccccc1F. The number of para-hydroxylation sites is 1. The van der Waals surface area contributed by atoms with Crippen LogP contribution in [-0.2, 0) is 11.3 Å². The summed E-state index contributed by atoms with van der Waals surface area (Å²) >= 11 is 0. The molecule has 1 atom stereocenters. The molecule has 0 unspecified atom stereocenters. The second kappa shape index (κ2) is 6.95. The number of nitrogens with one attached hydrogen (secondary N) is 2. The lowest BCUT2D eigenvalue weighted by atomic mass is 10.2. The average Bonchev–Trinajstić information content (AvgIpc) is 2.48. The first kappa shape index (κ1) is 15.1. The Morgan fingerprint density at radius 1 is 1.10 bits per heavy atom.